The molecule has 51 heavy (non-hydrogen) atoms. The zero-order chi connectivity index (χ0) is 40.6. The lowest BCUT2D eigenvalue weighted by Gasteiger charge is -2.20. The van der Waals surface area contributed by atoms with Crippen LogP contribution < -0.4 is 4.74 Å². The van der Waals surface area contributed by atoms with Crippen LogP contribution in [0, 0.1) is 5.41 Å². The van der Waals surface area contributed by atoms with Crippen molar-refractivity contribution in [3.63, 3.8) is 0 Å². The third-order valence-corrected chi connectivity index (χ3v) is 6.67. The second-order valence-corrected chi connectivity index (χ2v) is 16.8. The van der Waals surface area contributed by atoms with E-state index in [4.69, 9.17) is 4.74 Å². The summed E-state index contributed by atoms with van der Waals surface area (Å²) >= 11 is 1.90. The van der Waals surface area contributed by atoms with Gasteiger partial charge in [-0.2, -0.15) is 0 Å². The van der Waals surface area contributed by atoms with Gasteiger partial charge >= 0.3 is 0 Å². The molecule has 4 rings (SSSR count). The van der Waals surface area contributed by atoms with Crippen molar-refractivity contribution in [2.24, 2.45) is 5.41 Å². The molecule has 0 bridgehead atoms. The maximum Gasteiger partial charge on any atom is 0.120 e. The lowest BCUT2D eigenvalue weighted by atomic mass is 9.87. The molecule has 0 radical (unpaired) electrons. The first-order chi connectivity index (χ1) is 23.8. The van der Waals surface area contributed by atoms with E-state index in [1.165, 1.54) is 16.0 Å². The molecule has 0 aliphatic rings. The van der Waals surface area contributed by atoms with E-state index in [0.29, 0.717) is 15.6 Å². The highest BCUT2D eigenvalue weighted by molar-refractivity contribution is 8.00. The van der Waals surface area contributed by atoms with Gasteiger partial charge in [-0.25, -0.2) is 0 Å². The first-order valence-corrected chi connectivity index (χ1v) is 20.2. The predicted molar refractivity (Wildman–Crippen MR) is 239 cm³/mol. The van der Waals surface area contributed by atoms with Crippen molar-refractivity contribution in [2.45, 2.75) is 166 Å². The van der Waals surface area contributed by atoms with E-state index < -0.39 is 0 Å². The van der Waals surface area contributed by atoms with Gasteiger partial charge in [-0.1, -0.05) is 215 Å². The standard InChI is InChI=1S/C11H16.C10H14O.C10H14S.C10H14.4C2H6/c1-11(2,3)9-10-7-5-4-6-8-10;2*1-10(2,3)11-9-7-5-4-6-8-9;1-10(2,3)9-7-5-4-6-8-9;4*1-2/h4-8H,9H2,1-3H3;2*4-8H,1-3H3;4-8H,1-3H3;4*1-2H3. The smallest absolute Gasteiger partial charge is 0.120 e. The molecule has 0 saturated carbocycles. The van der Waals surface area contributed by atoms with Crippen LogP contribution in [-0.4, -0.2) is 10.3 Å². The van der Waals surface area contributed by atoms with E-state index in [1.807, 2.05) is 124 Å². The Morgan fingerprint density at radius 3 is 1.06 bits per heavy atom. The zero-order valence-electron chi connectivity index (χ0n) is 37.1. The fourth-order valence-electron chi connectivity index (χ4n) is 3.83. The molecule has 0 unspecified atom stereocenters. The maximum absolute atomic E-state index is 5.60. The summed E-state index contributed by atoms with van der Waals surface area (Å²) in [4.78, 5) is 1.35. The van der Waals surface area contributed by atoms with Gasteiger partial charge in [0.15, 0.2) is 0 Å². The highest BCUT2D eigenvalue weighted by Crippen LogP contribution is 2.31. The number of hydrogen-bond acceptors (Lipinski definition) is 2. The zero-order valence-corrected chi connectivity index (χ0v) is 37.9. The summed E-state index contributed by atoms with van der Waals surface area (Å²) in [5, 5.41) is 0. The monoisotopic (exact) mass is 719 g/mol. The molecule has 4 aromatic carbocycles. The molecular weight excluding hydrogens is 637 g/mol. The van der Waals surface area contributed by atoms with Crippen molar-refractivity contribution in [1.29, 1.82) is 0 Å². The summed E-state index contributed by atoms with van der Waals surface area (Å²) in [5.41, 5.74) is 3.43. The van der Waals surface area contributed by atoms with Gasteiger partial charge in [0, 0.05) is 9.64 Å². The molecular formula is C49H82OS. The number of hydrogen-bond donors (Lipinski definition) is 0. The summed E-state index contributed by atoms with van der Waals surface area (Å²) in [5.74, 6) is 0.931. The Morgan fingerprint density at radius 1 is 0.431 bits per heavy atom. The van der Waals surface area contributed by atoms with Gasteiger partial charge in [-0.3, -0.25) is 0 Å². The highest BCUT2D eigenvalue weighted by atomic mass is 32.2. The van der Waals surface area contributed by atoms with Gasteiger partial charge < -0.3 is 4.74 Å². The number of para-hydroxylation sites is 1. The minimum absolute atomic E-state index is 0.0959. The lowest BCUT2D eigenvalue weighted by Crippen LogP contribution is -2.22. The van der Waals surface area contributed by atoms with E-state index in [2.05, 4.69) is 147 Å². The molecule has 0 N–H and O–H groups in total. The molecule has 0 saturated heterocycles. The molecule has 1 nitrogen and oxygen atoms in total. The molecule has 4 aromatic rings. The fourth-order valence-corrected chi connectivity index (χ4v) is 4.83. The Kier molecular flexibility index (Phi) is 34.1. The molecule has 0 heterocycles. The molecule has 0 fully saturated rings. The third kappa shape index (κ3) is 38.1. The Hall–Kier alpha value is -2.97. The lowest BCUT2D eigenvalue weighted by molar-refractivity contribution is 0.131. The van der Waals surface area contributed by atoms with Crippen LogP contribution in [0.25, 0.3) is 0 Å². The largest absolute Gasteiger partial charge is 0.488 e. The van der Waals surface area contributed by atoms with Crippen LogP contribution in [0.1, 0.15) is 150 Å². The second kappa shape index (κ2) is 31.7. The second-order valence-electron chi connectivity index (χ2n) is 14.9. The Labute approximate surface area is 324 Å². The summed E-state index contributed by atoms with van der Waals surface area (Å²) < 4.78 is 5.92. The Bertz CT molecular complexity index is 1100. The van der Waals surface area contributed by atoms with E-state index in [0.717, 1.165) is 12.2 Å². The normalized spacial score (nSPS) is 10.1. The summed E-state index contributed by atoms with van der Waals surface area (Å²) in [7, 11) is 0. The van der Waals surface area contributed by atoms with Gasteiger partial charge in [0.05, 0.1) is 0 Å². The molecule has 0 spiro atoms. The molecule has 0 atom stereocenters. The van der Waals surface area contributed by atoms with E-state index >= 15 is 0 Å². The summed E-state index contributed by atoms with van der Waals surface area (Å²) in [6.07, 6.45) is 1.16. The van der Waals surface area contributed by atoms with E-state index in [-0.39, 0.29) is 5.60 Å². The van der Waals surface area contributed by atoms with Crippen molar-refractivity contribution in [1.82, 2.24) is 0 Å². The Morgan fingerprint density at radius 2 is 0.765 bits per heavy atom. The maximum atomic E-state index is 5.60. The van der Waals surface area contributed by atoms with E-state index in [9.17, 15) is 0 Å². The van der Waals surface area contributed by atoms with Crippen LogP contribution in [0.3, 0.4) is 0 Å². The molecule has 0 aromatic heterocycles. The first kappa shape index (κ1) is 54.8. The van der Waals surface area contributed by atoms with Crippen LogP contribution in [0.5, 0.6) is 5.75 Å². The van der Waals surface area contributed by atoms with Crippen LogP contribution in [-0.2, 0) is 11.8 Å². The first-order valence-electron chi connectivity index (χ1n) is 19.4. The van der Waals surface area contributed by atoms with Gasteiger partial charge in [-0.05, 0) is 73.4 Å². The fraction of sp³-hybridized carbons (Fsp3) is 0.510. The van der Waals surface area contributed by atoms with E-state index in [1.54, 1.807) is 0 Å². The van der Waals surface area contributed by atoms with Crippen LogP contribution in [0.4, 0.5) is 0 Å². The summed E-state index contributed by atoms with van der Waals surface area (Å²) in [6, 6.07) is 41.5. The SMILES string of the molecule is CC.CC.CC.CC.CC(C)(C)Cc1ccccc1.CC(C)(C)Oc1ccccc1.CC(C)(C)Sc1ccccc1.CC(C)(C)c1ccccc1. The highest BCUT2D eigenvalue weighted by Gasteiger charge is 2.12. The molecule has 0 aliphatic carbocycles. The third-order valence-electron chi connectivity index (χ3n) is 5.55. The average Bonchev–Trinajstić information content (AvgIpc) is 3.08. The van der Waals surface area contributed by atoms with Crippen molar-refractivity contribution in [3.05, 3.63) is 132 Å². The van der Waals surface area contributed by atoms with Crippen molar-refractivity contribution < 1.29 is 4.74 Å². The minimum Gasteiger partial charge on any atom is -0.488 e. The van der Waals surface area contributed by atoms with Crippen LogP contribution >= 0.6 is 11.8 Å². The van der Waals surface area contributed by atoms with Crippen molar-refractivity contribution in [2.75, 3.05) is 0 Å². The number of ether oxygens (including phenoxy) is 1. The van der Waals surface area contributed by atoms with Gasteiger partial charge in [0.2, 0.25) is 0 Å². The van der Waals surface area contributed by atoms with Crippen LogP contribution in [0.2, 0.25) is 0 Å². The van der Waals surface area contributed by atoms with Gasteiger partial charge in [0.25, 0.3) is 0 Å². The molecule has 0 amide bonds. The van der Waals surface area contributed by atoms with Gasteiger partial charge in [0.1, 0.15) is 11.4 Å². The molecule has 290 valence electrons. The van der Waals surface area contributed by atoms with Crippen LogP contribution in [0.15, 0.2) is 126 Å². The minimum atomic E-state index is -0.0959. The number of rotatable bonds is 3. The van der Waals surface area contributed by atoms with Crippen molar-refractivity contribution in [3.8, 4) is 5.75 Å². The summed E-state index contributed by atoms with van der Waals surface area (Å²) in [6.45, 7) is 42.3. The predicted octanol–water partition coefficient (Wildman–Crippen LogP) is 16.8. The number of benzene rings is 4. The topological polar surface area (TPSA) is 9.23 Å². The number of thioether (sulfide) groups is 1. The molecule has 0 aliphatic heterocycles. The average molecular weight is 719 g/mol. The Balaban J connectivity index is -0.000000270. The molecule has 2 heteroatoms. The van der Waals surface area contributed by atoms with Crippen molar-refractivity contribution >= 4 is 11.8 Å². The quantitative estimate of drug-likeness (QED) is 0.195. The van der Waals surface area contributed by atoms with Gasteiger partial charge in [-0.15, -0.1) is 11.8 Å².